The van der Waals surface area contributed by atoms with Gasteiger partial charge < -0.3 is 24.5 Å². The molecule has 0 saturated heterocycles. The van der Waals surface area contributed by atoms with Crippen LogP contribution in [0, 0.1) is 18.3 Å². The van der Waals surface area contributed by atoms with E-state index in [2.05, 4.69) is 5.32 Å². The Morgan fingerprint density at radius 2 is 1.91 bits per heavy atom. The molecule has 2 aromatic rings. The van der Waals surface area contributed by atoms with Crippen LogP contribution in [0.3, 0.4) is 0 Å². The number of para-hydroxylation sites is 1. The summed E-state index contributed by atoms with van der Waals surface area (Å²) in [5, 5.41) is 21.5. The monoisotopic (exact) mass is 436 g/mol. The van der Waals surface area contributed by atoms with Crippen LogP contribution in [0.2, 0.25) is 0 Å². The van der Waals surface area contributed by atoms with Gasteiger partial charge in [-0.25, -0.2) is 9.59 Å². The predicted octanol–water partition coefficient (Wildman–Crippen LogP) is 1.71. The third kappa shape index (κ3) is 5.65. The molecule has 1 aliphatic heterocycles. The van der Waals surface area contributed by atoms with E-state index in [0.29, 0.717) is 11.1 Å². The normalized spacial score (nSPS) is 14.4. The van der Waals surface area contributed by atoms with Crippen molar-refractivity contribution in [2.75, 3.05) is 6.79 Å². The number of nitrogens with one attached hydrogen (secondary N) is 1. The number of ether oxygens (including phenoxy) is 2. The number of carbonyl (C=O) groups excluding carboxylic acids is 3. The molecule has 0 saturated carbocycles. The molecule has 0 fully saturated rings. The molecule has 0 aliphatic carbocycles. The van der Waals surface area contributed by atoms with Gasteiger partial charge in [0, 0.05) is 12.8 Å². The lowest BCUT2D eigenvalue weighted by molar-refractivity contribution is -0.121. The maximum absolute atomic E-state index is 12.5. The van der Waals surface area contributed by atoms with Crippen LogP contribution >= 0.6 is 0 Å². The molecule has 0 bridgehead atoms. The van der Waals surface area contributed by atoms with E-state index in [9.17, 15) is 19.4 Å². The number of nitriles is 1. The molecule has 1 heterocycles. The van der Waals surface area contributed by atoms with Crippen molar-refractivity contribution in [1.82, 2.24) is 5.32 Å². The van der Waals surface area contributed by atoms with Gasteiger partial charge in [-0.2, -0.15) is 5.26 Å². The van der Waals surface area contributed by atoms with Gasteiger partial charge in [-0.15, -0.1) is 0 Å². The Kier molecular flexibility index (Phi) is 7.47. The molecule has 2 N–H and O–H groups in total. The van der Waals surface area contributed by atoms with E-state index in [-0.39, 0.29) is 36.5 Å². The van der Waals surface area contributed by atoms with Crippen LogP contribution in [0.4, 0.5) is 0 Å². The summed E-state index contributed by atoms with van der Waals surface area (Å²) in [4.78, 5) is 36.4. The molecule has 3 rings (SSSR count). The number of fused-ring (bicyclic) bond motifs is 1. The maximum Gasteiger partial charge on any atom is 0.547 e. The smallest absolute Gasteiger partial charge is 0.534 e. The largest absolute Gasteiger partial charge is 0.547 e. The minimum absolute atomic E-state index is 0.0141. The summed E-state index contributed by atoms with van der Waals surface area (Å²) < 4.78 is 15.5. The maximum atomic E-state index is 12.5. The van der Waals surface area contributed by atoms with Crippen LogP contribution in [0.1, 0.15) is 44.7 Å². The first-order valence-electron chi connectivity index (χ1n) is 9.93. The summed E-state index contributed by atoms with van der Waals surface area (Å²) in [6.07, 6.45) is 0.301. The Bertz CT molecular complexity index is 1050. The second-order valence-electron chi connectivity index (χ2n) is 7.19. The number of esters is 2. The van der Waals surface area contributed by atoms with Gasteiger partial charge in [0.05, 0.1) is 17.6 Å². The van der Waals surface area contributed by atoms with Gasteiger partial charge in [0.15, 0.2) is 0 Å². The molecule has 0 spiro atoms. The van der Waals surface area contributed by atoms with E-state index in [0.717, 1.165) is 5.56 Å². The fourth-order valence-corrected chi connectivity index (χ4v) is 3.14. The first kappa shape index (κ1) is 22.8. The van der Waals surface area contributed by atoms with E-state index in [1.807, 2.05) is 13.0 Å². The van der Waals surface area contributed by atoms with Gasteiger partial charge in [0.25, 0.3) is 0 Å². The highest BCUT2D eigenvalue weighted by molar-refractivity contribution is 6.47. The number of nitrogens with zero attached hydrogens (tertiary/aromatic N) is 1. The van der Waals surface area contributed by atoms with Crippen molar-refractivity contribution in [2.45, 2.75) is 32.1 Å². The third-order valence-corrected chi connectivity index (χ3v) is 4.82. The summed E-state index contributed by atoms with van der Waals surface area (Å²) in [5.41, 5.74) is 1.97. The van der Waals surface area contributed by atoms with Crippen molar-refractivity contribution in [1.29, 1.82) is 5.26 Å². The van der Waals surface area contributed by atoms with Crippen LogP contribution < -0.4 is 9.97 Å². The molecule has 9 nitrogen and oxygen atoms in total. The van der Waals surface area contributed by atoms with Gasteiger partial charge >= 0.3 is 19.1 Å². The first-order chi connectivity index (χ1) is 15.4. The predicted molar refractivity (Wildman–Crippen MR) is 112 cm³/mol. The van der Waals surface area contributed by atoms with Crippen molar-refractivity contribution in [3.05, 3.63) is 64.7 Å². The molecular formula is C22H21BN2O7. The van der Waals surface area contributed by atoms with Crippen molar-refractivity contribution < 1.29 is 33.5 Å². The fraction of sp³-hybridized carbons (Fsp3) is 0.273. The van der Waals surface area contributed by atoms with Crippen LogP contribution in [0.5, 0.6) is 5.75 Å². The number of amides is 1. The Morgan fingerprint density at radius 3 is 2.62 bits per heavy atom. The van der Waals surface area contributed by atoms with Crippen molar-refractivity contribution >= 4 is 25.0 Å². The molecule has 1 atom stereocenters. The van der Waals surface area contributed by atoms with Gasteiger partial charge in [-0.3, -0.25) is 4.79 Å². The van der Waals surface area contributed by atoms with Crippen LogP contribution in [0.25, 0.3) is 0 Å². The number of hydrogen-bond donors (Lipinski definition) is 2. The standard InChI is InChI=1S/C22H21BN2O7/c1-14-7-9-15(10-8-14)21(27)30-13-31-22(28)17-5-2-4-16-12-18(23(29)32-20(16)17)25-19(26)6-3-11-24/h2,4-5,7-10,18,29H,3,6,12-13H2,1H3,(H,25,26)/t18-/m0/s1. The number of benzene rings is 2. The minimum Gasteiger partial charge on any atom is -0.534 e. The van der Waals surface area contributed by atoms with E-state index in [4.69, 9.17) is 19.4 Å². The highest BCUT2D eigenvalue weighted by atomic mass is 16.7. The summed E-state index contributed by atoms with van der Waals surface area (Å²) in [6.45, 7) is 1.30. The molecule has 10 heteroatoms. The Labute approximate surface area is 185 Å². The van der Waals surface area contributed by atoms with Crippen LogP contribution in [-0.2, 0) is 20.7 Å². The zero-order valence-electron chi connectivity index (χ0n) is 17.4. The minimum atomic E-state index is -1.39. The average Bonchev–Trinajstić information content (AvgIpc) is 2.78. The lowest BCUT2D eigenvalue weighted by atomic mass is 9.72. The summed E-state index contributed by atoms with van der Waals surface area (Å²) in [5.74, 6) is -2.39. The fourth-order valence-electron chi connectivity index (χ4n) is 3.14. The highest BCUT2D eigenvalue weighted by Crippen LogP contribution is 2.30. The second-order valence-corrected chi connectivity index (χ2v) is 7.19. The number of aryl methyl sites for hydroxylation is 1. The molecule has 0 radical (unpaired) electrons. The Balaban J connectivity index is 1.60. The molecule has 1 aliphatic rings. The van der Waals surface area contributed by atoms with Gasteiger partial charge in [0.1, 0.15) is 11.3 Å². The van der Waals surface area contributed by atoms with E-state index in [1.54, 1.807) is 36.4 Å². The number of carbonyl (C=O) groups is 3. The zero-order valence-corrected chi connectivity index (χ0v) is 17.4. The van der Waals surface area contributed by atoms with E-state index < -0.39 is 31.8 Å². The lowest BCUT2D eigenvalue weighted by Crippen LogP contribution is -2.53. The molecule has 1 amide bonds. The topological polar surface area (TPSA) is 135 Å². The molecule has 0 unspecified atom stereocenters. The second kappa shape index (κ2) is 10.5. The molecule has 32 heavy (non-hydrogen) atoms. The average molecular weight is 436 g/mol. The zero-order chi connectivity index (χ0) is 23.1. The Morgan fingerprint density at radius 1 is 1.19 bits per heavy atom. The SMILES string of the molecule is Cc1ccc(C(=O)OCOC(=O)c2cccc3c2OB(O)[C@@H](NC(=O)CCC#N)C3)cc1. The lowest BCUT2D eigenvalue weighted by Gasteiger charge is -2.29. The molecular weight excluding hydrogens is 415 g/mol. The number of hydrogen-bond acceptors (Lipinski definition) is 8. The van der Waals surface area contributed by atoms with Crippen molar-refractivity contribution in [2.24, 2.45) is 0 Å². The van der Waals surface area contributed by atoms with Gasteiger partial charge in [-0.1, -0.05) is 29.8 Å². The quantitative estimate of drug-likeness (QED) is 0.381. The van der Waals surface area contributed by atoms with Gasteiger partial charge in [-0.05, 0) is 37.1 Å². The molecule has 164 valence electrons. The first-order valence-corrected chi connectivity index (χ1v) is 9.93. The summed E-state index contributed by atoms with van der Waals surface area (Å²) in [7, 11) is -1.39. The Hall–Kier alpha value is -3.84. The van der Waals surface area contributed by atoms with Crippen molar-refractivity contribution in [3.8, 4) is 11.8 Å². The summed E-state index contributed by atoms with van der Waals surface area (Å²) >= 11 is 0. The van der Waals surface area contributed by atoms with E-state index >= 15 is 0 Å². The van der Waals surface area contributed by atoms with Crippen LogP contribution in [0.15, 0.2) is 42.5 Å². The molecule has 2 aromatic carbocycles. The highest BCUT2D eigenvalue weighted by Gasteiger charge is 2.37. The molecule has 0 aromatic heterocycles. The number of rotatable bonds is 7. The third-order valence-electron chi connectivity index (χ3n) is 4.82. The van der Waals surface area contributed by atoms with Crippen molar-refractivity contribution in [3.63, 3.8) is 0 Å². The van der Waals surface area contributed by atoms with E-state index in [1.165, 1.54) is 6.07 Å². The van der Waals surface area contributed by atoms with Gasteiger partial charge in [0.2, 0.25) is 12.7 Å². The summed E-state index contributed by atoms with van der Waals surface area (Å²) in [6, 6.07) is 13.4. The van der Waals surface area contributed by atoms with Crippen LogP contribution in [-0.4, -0.2) is 42.7 Å².